The largest absolute Gasteiger partial charge is 0.482 e. The molecule has 1 saturated heterocycles. The Morgan fingerprint density at radius 2 is 1.70 bits per heavy atom. The molecule has 236 valence electrons. The van der Waals surface area contributed by atoms with Gasteiger partial charge in [-0.3, -0.25) is 24.0 Å². The molecule has 0 spiro atoms. The van der Waals surface area contributed by atoms with Crippen molar-refractivity contribution < 1.29 is 50.7 Å². The van der Waals surface area contributed by atoms with Crippen LogP contribution < -0.4 is 26.0 Å². The highest BCUT2D eigenvalue weighted by Crippen LogP contribution is 2.40. The molecule has 1 aromatic rings. The van der Waals surface area contributed by atoms with Crippen molar-refractivity contribution in [3.63, 3.8) is 0 Å². The Labute approximate surface area is 243 Å². The number of ether oxygens (including phenoxy) is 1. The molecule has 1 saturated carbocycles. The van der Waals surface area contributed by atoms with E-state index in [-0.39, 0.29) is 38.0 Å². The summed E-state index contributed by atoms with van der Waals surface area (Å²) >= 11 is 0. The van der Waals surface area contributed by atoms with Gasteiger partial charge in [-0.1, -0.05) is 13.8 Å². The first kappa shape index (κ1) is 32.1. The summed E-state index contributed by atoms with van der Waals surface area (Å²) in [5.74, 6) is -13.6. The Balaban J connectivity index is 1.47. The zero-order valence-electron chi connectivity index (χ0n) is 23.5. The summed E-state index contributed by atoms with van der Waals surface area (Å²) in [5.41, 5.74) is -0.426. The molecule has 2 aliphatic heterocycles. The molecular formula is C28H33F5N4O6. The number of carbonyl (C=O) groups is 5. The number of hydrogen-bond acceptors (Lipinski definition) is 6. The molecule has 4 amide bonds. The second kappa shape index (κ2) is 12.8. The normalized spacial score (nSPS) is 24.3. The lowest BCUT2D eigenvalue weighted by Gasteiger charge is -2.29. The van der Waals surface area contributed by atoms with Gasteiger partial charge >= 0.3 is 11.8 Å². The number of halogens is 5. The van der Waals surface area contributed by atoms with Crippen LogP contribution in [0.25, 0.3) is 0 Å². The summed E-state index contributed by atoms with van der Waals surface area (Å²) in [5, 5.41) is 9.68. The van der Waals surface area contributed by atoms with E-state index < -0.39 is 114 Å². The number of fused-ring (bicyclic) bond motifs is 4. The molecule has 4 rings (SSSR count). The van der Waals surface area contributed by atoms with Gasteiger partial charge in [-0.2, -0.15) is 4.39 Å². The van der Waals surface area contributed by atoms with Crippen LogP contribution in [0.4, 0.5) is 22.0 Å². The summed E-state index contributed by atoms with van der Waals surface area (Å²) in [4.78, 5) is 64.2. The monoisotopic (exact) mass is 616 g/mol. The zero-order chi connectivity index (χ0) is 31.6. The summed E-state index contributed by atoms with van der Waals surface area (Å²) in [6, 6.07) is -4.05. The smallest absolute Gasteiger partial charge is 0.309 e. The van der Waals surface area contributed by atoms with Crippen LogP contribution in [0.3, 0.4) is 0 Å². The van der Waals surface area contributed by atoms with E-state index in [0.29, 0.717) is 6.07 Å². The topological polar surface area (TPSA) is 143 Å². The van der Waals surface area contributed by atoms with Crippen LogP contribution in [0.15, 0.2) is 6.07 Å². The molecule has 4 N–H and O–H groups in total. The van der Waals surface area contributed by atoms with Crippen LogP contribution in [0, 0.1) is 29.3 Å². The van der Waals surface area contributed by atoms with E-state index in [1.807, 2.05) is 0 Å². The standard InChI is InChI=1S/C28H33F5N4O6/c1-12(2)7-19(37-27(42)26(41)34-14-3-5-28(32,33)6-4-14)25(40)35-17-8-13-9-18(36-24(13)39)21-15(29)10-16(30)22(31)23(21)43-11-20(17)38/h10,12-14,17-19H,3-9,11H2,1-2H3,(H,34,41)(H,35,40)(H,36,39)(H,37,42)/t13-,17+,18?,19+/m1/s1. The van der Waals surface area contributed by atoms with Crippen molar-refractivity contribution in [3.05, 3.63) is 29.1 Å². The average Bonchev–Trinajstić information content (AvgIpc) is 3.27. The van der Waals surface area contributed by atoms with E-state index in [9.17, 15) is 45.9 Å². The van der Waals surface area contributed by atoms with Crippen molar-refractivity contribution in [2.45, 2.75) is 88.9 Å². The first-order valence-electron chi connectivity index (χ1n) is 14.1. The quantitative estimate of drug-likeness (QED) is 0.220. The minimum absolute atomic E-state index is 0.0168. The van der Waals surface area contributed by atoms with Crippen LogP contribution in [0.1, 0.15) is 70.4 Å². The van der Waals surface area contributed by atoms with Crippen molar-refractivity contribution in [1.29, 1.82) is 0 Å². The predicted molar refractivity (Wildman–Crippen MR) is 139 cm³/mol. The van der Waals surface area contributed by atoms with Gasteiger partial charge in [0.1, 0.15) is 18.5 Å². The van der Waals surface area contributed by atoms with Gasteiger partial charge in [0.15, 0.2) is 17.3 Å². The maximum Gasteiger partial charge on any atom is 0.309 e. The Kier molecular flexibility index (Phi) is 9.60. The molecular weight excluding hydrogens is 583 g/mol. The summed E-state index contributed by atoms with van der Waals surface area (Å²) in [7, 11) is 0. The molecule has 1 aromatic carbocycles. The predicted octanol–water partition coefficient (Wildman–Crippen LogP) is 2.34. The van der Waals surface area contributed by atoms with Gasteiger partial charge in [0, 0.05) is 30.9 Å². The molecule has 0 radical (unpaired) electrons. The fourth-order valence-electron chi connectivity index (χ4n) is 5.62. The van der Waals surface area contributed by atoms with E-state index in [1.165, 1.54) is 0 Å². The van der Waals surface area contributed by atoms with Crippen molar-refractivity contribution in [2.24, 2.45) is 11.8 Å². The number of Topliss-reactive ketones (excluding diaryl/α,β-unsaturated/α-hetero) is 1. The third kappa shape index (κ3) is 7.60. The van der Waals surface area contributed by atoms with Gasteiger partial charge in [0.05, 0.1) is 17.6 Å². The van der Waals surface area contributed by atoms with Gasteiger partial charge in [-0.15, -0.1) is 0 Å². The van der Waals surface area contributed by atoms with Crippen LogP contribution in [-0.2, 0) is 24.0 Å². The number of nitrogens with one attached hydrogen (secondary N) is 4. The van der Waals surface area contributed by atoms with Gasteiger partial charge in [0.2, 0.25) is 23.6 Å². The Morgan fingerprint density at radius 3 is 2.35 bits per heavy atom. The number of alkyl halides is 2. The molecule has 3 aliphatic rings. The van der Waals surface area contributed by atoms with Crippen LogP contribution in [-0.4, -0.2) is 60.1 Å². The van der Waals surface area contributed by atoms with Crippen LogP contribution in [0.2, 0.25) is 0 Å². The average molecular weight is 617 g/mol. The highest BCUT2D eigenvalue weighted by molar-refractivity contribution is 6.35. The minimum Gasteiger partial charge on any atom is -0.482 e. The van der Waals surface area contributed by atoms with Crippen molar-refractivity contribution in [3.8, 4) is 5.75 Å². The lowest BCUT2D eigenvalue weighted by molar-refractivity contribution is -0.142. The first-order chi connectivity index (χ1) is 20.1. The Morgan fingerprint density at radius 1 is 1.02 bits per heavy atom. The highest BCUT2D eigenvalue weighted by atomic mass is 19.3. The number of ketones is 1. The molecule has 10 nitrogen and oxygen atoms in total. The zero-order valence-corrected chi connectivity index (χ0v) is 23.5. The summed E-state index contributed by atoms with van der Waals surface area (Å²) in [6.45, 7) is 2.59. The van der Waals surface area contributed by atoms with Gasteiger partial charge in [-0.25, -0.2) is 17.6 Å². The molecule has 2 fully saturated rings. The van der Waals surface area contributed by atoms with E-state index in [2.05, 4.69) is 21.3 Å². The van der Waals surface area contributed by atoms with E-state index in [1.54, 1.807) is 13.8 Å². The fourth-order valence-corrected chi connectivity index (χ4v) is 5.62. The number of carbonyl (C=O) groups excluding carboxylic acids is 5. The number of amides is 4. The summed E-state index contributed by atoms with van der Waals surface area (Å²) < 4.78 is 75.2. The second-order valence-electron chi connectivity index (χ2n) is 11.7. The van der Waals surface area contributed by atoms with Gasteiger partial charge in [0.25, 0.3) is 0 Å². The van der Waals surface area contributed by atoms with Gasteiger partial charge in [-0.05, 0) is 38.0 Å². The number of benzene rings is 1. The number of rotatable bonds is 6. The maximum atomic E-state index is 14.6. The van der Waals surface area contributed by atoms with E-state index in [0.717, 1.165) is 0 Å². The highest BCUT2D eigenvalue weighted by Gasteiger charge is 2.42. The molecule has 4 atom stereocenters. The molecule has 43 heavy (non-hydrogen) atoms. The SMILES string of the molecule is CC(C)C[C@H](NC(=O)C(=O)NC1CCC(F)(F)CC1)C(=O)N[C@H]1C[C@@H]2CC(NC2=O)c2c(F)cc(F)c(F)c2OCC1=O. The maximum absolute atomic E-state index is 14.6. The van der Waals surface area contributed by atoms with Crippen LogP contribution in [0.5, 0.6) is 5.75 Å². The van der Waals surface area contributed by atoms with Gasteiger partial charge < -0.3 is 26.0 Å². The van der Waals surface area contributed by atoms with E-state index >= 15 is 0 Å². The third-order valence-electron chi connectivity index (χ3n) is 7.89. The third-order valence-corrected chi connectivity index (χ3v) is 7.89. The van der Waals surface area contributed by atoms with Crippen molar-refractivity contribution >= 4 is 29.4 Å². The van der Waals surface area contributed by atoms with Crippen molar-refractivity contribution in [2.75, 3.05) is 6.61 Å². The first-order valence-corrected chi connectivity index (χ1v) is 14.1. The lowest BCUT2D eigenvalue weighted by Crippen LogP contribution is -2.56. The molecule has 2 bridgehead atoms. The van der Waals surface area contributed by atoms with E-state index in [4.69, 9.17) is 4.74 Å². The van der Waals surface area contributed by atoms with Crippen LogP contribution >= 0.6 is 0 Å². The minimum atomic E-state index is -2.83. The lowest BCUT2D eigenvalue weighted by atomic mass is 9.91. The number of hydrogen-bond donors (Lipinski definition) is 4. The molecule has 2 heterocycles. The molecule has 1 aliphatic carbocycles. The molecule has 1 unspecified atom stereocenters. The Bertz CT molecular complexity index is 1300. The molecule has 0 aromatic heterocycles. The summed E-state index contributed by atoms with van der Waals surface area (Å²) in [6.07, 6.45) is -1.19. The molecule has 15 heteroatoms. The second-order valence-corrected chi connectivity index (χ2v) is 11.7. The van der Waals surface area contributed by atoms with Crippen molar-refractivity contribution in [1.82, 2.24) is 21.3 Å². The fraction of sp³-hybridized carbons (Fsp3) is 0.607. The Hall–Kier alpha value is -3.78.